The van der Waals surface area contributed by atoms with E-state index in [2.05, 4.69) is 5.32 Å². The van der Waals surface area contributed by atoms with Crippen LogP contribution in [0.2, 0.25) is 5.02 Å². The van der Waals surface area contributed by atoms with Crippen molar-refractivity contribution in [3.8, 4) is 28.8 Å². The van der Waals surface area contributed by atoms with Gasteiger partial charge in [-0.15, -0.1) is 0 Å². The van der Waals surface area contributed by atoms with Gasteiger partial charge in [-0.3, -0.25) is 9.59 Å². The number of anilines is 1. The van der Waals surface area contributed by atoms with Crippen LogP contribution in [0.1, 0.15) is 11.1 Å². The first-order valence-electron chi connectivity index (χ1n) is 10.9. The third-order valence-corrected chi connectivity index (χ3v) is 6.06. The molecular formula is C26H22ClN3O5. The molecule has 1 N–H and O–H groups in total. The average molecular weight is 492 g/mol. The molecule has 2 heterocycles. The molecule has 8 nitrogen and oxygen atoms in total. The zero-order valence-electron chi connectivity index (χ0n) is 19.1. The first-order chi connectivity index (χ1) is 17.0. The average Bonchev–Trinajstić information content (AvgIpc) is 3.13. The number of nitrogens with zero attached hydrogens (tertiary/aromatic N) is 2. The van der Waals surface area contributed by atoms with Crippen LogP contribution in [0.25, 0.3) is 5.69 Å². The standard InChI is InChI=1S/C26H22ClN3O5/c1-33-21-12-11-17(14-20(21)27)28-23(31)15-29-26-19(25(32)30(29)18-8-4-3-5-9-18)13-16-7-6-10-22(34-2)24(16)35-26/h3-12,14H,13,15H2,1-2H3,(H,28,31). The Morgan fingerprint density at radius 1 is 1.03 bits per heavy atom. The van der Waals surface area contributed by atoms with Crippen LogP contribution in [0.3, 0.4) is 0 Å². The predicted octanol–water partition coefficient (Wildman–Crippen LogP) is 4.64. The van der Waals surface area contributed by atoms with E-state index in [1.165, 1.54) is 11.8 Å². The number of carbonyl (C=O) groups is 1. The number of benzene rings is 3. The molecule has 9 heteroatoms. The number of carbonyl (C=O) groups excluding carboxylic acids is 1. The second-order valence-corrected chi connectivity index (χ2v) is 8.33. The van der Waals surface area contributed by atoms with Crippen molar-refractivity contribution in [2.45, 2.75) is 13.0 Å². The summed E-state index contributed by atoms with van der Waals surface area (Å²) in [6, 6.07) is 19.6. The monoisotopic (exact) mass is 491 g/mol. The highest BCUT2D eigenvalue weighted by atomic mass is 35.5. The van der Waals surface area contributed by atoms with Gasteiger partial charge in [-0.25, -0.2) is 9.36 Å². The predicted molar refractivity (Wildman–Crippen MR) is 133 cm³/mol. The quantitative estimate of drug-likeness (QED) is 0.374. The number of aromatic nitrogens is 2. The van der Waals surface area contributed by atoms with Gasteiger partial charge in [0.25, 0.3) is 5.56 Å². The maximum atomic E-state index is 13.5. The normalized spacial score (nSPS) is 11.7. The Balaban J connectivity index is 1.55. The Bertz CT molecular complexity index is 1480. The first-order valence-corrected chi connectivity index (χ1v) is 11.2. The summed E-state index contributed by atoms with van der Waals surface area (Å²) in [6.45, 7) is -0.173. The van der Waals surface area contributed by atoms with Crippen molar-refractivity contribution in [2.24, 2.45) is 0 Å². The summed E-state index contributed by atoms with van der Waals surface area (Å²) >= 11 is 6.19. The van der Waals surface area contributed by atoms with Crippen molar-refractivity contribution in [1.29, 1.82) is 0 Å². The topological polar surface area (TPSA) is 83.7 Å². The van der Waals surface area contributed by atoms with Gasteiger partial charge in [0.2, 0.25) is 11.8 Å². The SMILES string of the molecule is COc1ccc(NC(=O)Cn2c3c(c(=O)n2-c2ccccc2)Cc2cccc(OC)c2O3)cc1Cl. The molecule has 0 aliphatic carbocycles. The van der Waals surface area contributed by atoms with Crippen molar-refractivity contribution in [3.63, 3.8) is 0 Å². The number of ether oxygens (including phenoxy) is 3. The van der Waals surface area contributed by atoms with Gasteiger partial charge in [0.15, 0.2) is 11.5 Å². The maximum absolute atomic E-state index is 13.5. The number of methoxy groups -OCH3 is 2. The van der Waals surface area contributed by atoms with Crippen LogP contribution in [0.5, 0.6) is 23.1 Å². The molecule has 0 unspecified atom stereocenters. The summed E-state index contributed by atoms with van der Waals surface area (Å²) in [4.78, 5) is 26.6. The molecule has 1 aromatic heterocycles. The van der Waals surface area contributed by atoms with E-state index in [1.807, 2.05) is 30.3 Å². The van der Waals surface area contributed by atoms with E-state index in [4.69, 9.17) is 25.8 Å². The van der Waals surface area contributed by atoms with Gasteiger partial charge >= 0.3 is 0 Å². The Kier molecular flexibility index (Phi) is 5.96. The van der Waals surface area contributed by atoms with Crippen LogP contribution in [0.15, 0.2) is 71.5 Å². The third-order valence-electron chi connectivity index (χ3n) is 5.76. The fourth-order valence-electron chi connectivity index (χ4n) is 4.15. The van der Waals surface area contributed by atoms with Crippen LogP contribution in [0.4, 0.5) is 5.69 Å². The Labute approximate surface area is 206 Å². The van der Waals surface area contributed by atoms with Gasteiger partial charge in [0.1, 0.15) is 12.3 Å². The molecule has 1 aliphatic heterocycles. The molecule has 5 rings (SSSR count). The van der Waals surface area contributed by atoms with E-state index in [9.17, 15) is 9.59 Å². The second kappa shape index (κ2) is 9.23. The number of hydrogen-bond donors (Lipinski definition) is 1. The van der Waals surface area contributed by atoms with Gasteiger partial charge in [0, 0.05) is 17.7 Å². The number of nitrogens with one attached hydrogen (secondary N) is 1. The molecule has 0 radical (unpaired) electrons. The minimum atomic E-state index is -0.358. The molecule has 0 saturated heterocycles. The zero-order chi connectivity index (χ0) is 24.5. The van der Waals surface area contributed by atoms with Gasteiger partial charge in [-0.1, -0.05) is 41.9 Å². The summed E-state index contributed by atoms with van der Waals surface area (Å²) in [6.07, 6.45) is 0.357. The first kappa shape index (κ1) is 22.6. The number of para-hydroxylation sites is 2. The van der Waals surface area contributed by atoms with Gasteiger partial charge in [-0.05, 0) is 36.4 Å². The van der Waals surface area contributed by atoms with Crippen molar-refractivity contribution in [1.82, 2.24) is 9.36 Å². The van der Waals surface area contributed by atoms with Gasteiger partial charge in [-0.2, -0.15) is 0 Å². The van der Waals surface area contributed by atoms with Crippen LogP contribution >= 0.6 is 11.6 Å². The van der Waals surface area contributed by atoms with Gasteiger partial charge < -0.3 is 19.5 Å². The number of rotatable bonds is 6. The fraction of sp³-hybridized carbons (Fsp3) is 0.154. The lowest BCUT2D eigenvalue weighted by Gasteiger charge is -2.21. The maximum Gasteiger partial charge on any atom is 0.278 e. The number of fused-ring (bicyclic) bond motifs is 2. The molecule has 178 valence electrons. The highest BCUT2D eigenvalue weighted by Gasteiger charge is 2.30. The fourth-order valence-corrected chi connectivity index (χ4v) is 4.41. The van der Waals surface area contributed by atoms with Crippen molar-refractivity contribution in [3.05, 3.63) is 93.2 Å². The van der Waals surface area contributed by atoms with E-state index < -0.39 is 0 Å². The minimum Gasteiger partial charge on any atom is -0.495 e. The van der Waals surface area contributed by atoms with E-state index in [0.717, 1.165) is 5.56 Å². The largest absolute Gasteiger partial charge is 0.495 e. The third kappa shape index (κ3) is 4.13. The summed E-state index contributed by atoms with van der Waals surface area (Å²) < 4.78 is 19.8. The van der Waals surface area contributed by atoms with Crippen molar-refractivity contribution in [2.75, 3.05) is 19.5 Å². The highest BCUT2D eigenvalue weighted by Crippen LogP contribution is 2.41. The molecule has 35 heavy (non-hydrogen) atoms. The molecule has 1 aliphatic rings. The minimum absolute atomic E-state index is 0.173. The van der Waals surface area contributed by atoms with Crippen LogP contribution < -0.4 is 25.1 Å². The molecule has 1 amide bonds. The molecule has 3 aromatic carbocycles. The lowest BCUT2D eigenvalue weighted by Crippen LogP contribution is -2.27. The number of amides is 1. The van der Waals surface area contributed by atoms with Crippen LogP contribution in [-0.2, 0) is 17.8 Å². The lowest BCUT2D eigenvalue weighted by atomic mass is 10.0. The van der Waals surface area contributed by atoms with E-state index in [1.54, 1.807) is 48.2 Å². The molecule has 4 aromatic rings. The molecule has 0 saturated carbocycles. The second-order valence-electron chi connectivity index (χ2n) is 7.92. The van der Waals surface area contributed by atoms with E-state index >= 15 is 0 Å². The highest BCUT2D eigenvalue weighted by molar-refractivity contribution is 6.32. The van der Waals surface area contributed by atoms with Crippen LogP contribution in [0, 0.1) is 0 Å². The Morgan fingerprint density at radius 3 is 2.51 bits per heavy atom. The van der Waals surface area contributed by atoms with E-state index in [0.29, 0.717) is 51.5 Å². The summed E-state index contributed by atoms with van der Waals surface area (Å²) in [5.41, 5.74) is 2.17. The van der Waals surface area contributed by atoms with Crippen LogP contribution in [-0.4, -0.2) is 29.5 Å². The zero-order valence-corrected chi connectivity index (χ0v) is 19.8. The Hall–Kier alpha value is -4.17. The number of halogens is 1. The lowest BCUT2D eigenvalue weighted by molar-refractivity contribution is -0.117. The van der Waals surface area contributed by atoms with E-state index in [-0.39, 0.29) is 18.0 Å². The van der Waals surface area contributed by atoms with Crippen molar-refractivity contribution < 1.29 is 19.0 Å². The molecule has 0 bridgehead atoms. The summed E-state index contributed by atoms with van der Waals surface area (Å²) in [7, 11) is 3.08. The molecular weight excluding hydrogens is 470 g/mol. The summed E-state index contributed by atoms with van der Waals surface area (Å²) in [5.74, 6) is 1.53. The molecule has 0 spiro atoms. The smallest absolute Gasteiger partial charge is 0.278 e. The number of hydrogen-bond acceptors (Lipinski definition) is 5. The molecule has 0 atom stereocenters. The van der Waals surface area contributed by atoms with Crippen molar-refractivity contribution >= 4 is 23.2 Å². The molecule has 0 fully saturated rings. The summed E-state index contributed by atoms with van der Waals surface area (Å²) in [5, 5.41) is 3.20. The Morgan fingerprint density at radius 2 is 1.80 bits per heavy atom. The van der Waals surface area contributed by atoms with Gasteiger partial charge in [0.05, 0.1) is 30.5 Å².